The highest BCUT2D eigenvalue weighted by atomic mass is 16.6. The minimum atomic E-state index is 0.456. The van der Waals surface area contributed by atoms with Crippen molar-refractivity contribution in [1.29, 1.82) is 0 Å². The fourth-order valence-electron chi connectivity index (χ4n) is 3.61. The van der Waals surface area contributed by atoms with Crippen LogP contribution in [0.3, 0.4) is 0 Å². The van der Waals surface area contributed by atoms with E-state index in [1.165, 1.54) is 0 Å². The second-order valence-electron chi connectivity index (χ2n) is 8.27. The van der Waals surface area contributed by atoms with Crippen molar-refractivity contribution in [3.8, 4) is 0 Å². The molecule has 10 heteroatoms. The molecule has 0 saturated heterocycles. The van der Waals surface area contributed by atoms with Crippen molar-refractivity contribution in [3.05, 3.63) is 34.4 Å². The highest BCUT2D eigenvalue weighted by molar-refractivity contribution is 5.38. The smallest absolute Gasteiger partial charge is 0.0721 e. The molecule has 0 fully saturated rings. The number of ether oxygens (including phenoxy) is 10. The lowest BCUT2D eigenvalue weighted by Gasteiger charge is -2.18. The van der Waals surface area contributed by atoms with Crippen molar-refractivity contribution in [3.63, 3.8) is 0 Å². The predicted octanol–water partition coefficient (Wildman–Crippen LogP) is 1.88. The lowest BCUT2D eigenvalue weighted by molar-refractivity contribution is -0.0172. The maximum Gasteiger partial charge on any atom is 0.0721 e. The van der Waals surface area contributed by atoms with E-state index < -0.39 is 0 Å². The quantitative estimate of drug-likeness (QED) is 0.511. The summed E-state index contributed by atoms with van der Waals surface area (Å²) < 4.78 is 57.0. The van der Waals surface area contributed by atoms with Crippen LogP contribution in [-0.2, 0) is 73.8 Å². The Labute approximate surface area is 214 Å². The molecule has 1 aromatic rings. The zero-order valence-corrected chi connectivity index (χ0v) is 21.4. The first-order valence-electron chi connectivity index (χ1n) is 12.8. The minimum Gasteiger partial charge on any atom is -0.377 e. The summed E-state index contributed by atoms with van der Waals surface area (Å²) in [6.07, 6.45) is 0. The van der Waals surface area contributed by atoms with Crippen LogP contribution in [0.25, 0.3) is 0 Å². The Kier molecular flexibility index (Phi) is 16.2. The number of hydrogen-bond acceptors (Lipinski definition) is 10. The van der Waals surface area contributed by atoms with Gasteiger partial charge in [0.1, 0.15) is 0 Å². The number of rotatable bonds is 0. The van der Waals surface area contributed by atoms with Crippen molar-refractivity contribution in [2.24, 2.45) is 0 Å². The van der Waals surface area contributed by atoms with Gasteiger partial charge in [0, 0.05) is 0 Å². The highest BCUT2D eigenvalue weighted by Gasteiger charge is 2.12. The maximum atomic E-state index is 5.92. The van der Waals surface area contributed by atoms with Gasteiger partial charge in [-0.25, -0.2) is 0 Å². The molecular weight excluding hydrogens is 472 g/mol. The van der Waals surface area contributed by atoms with Crippen LogP contribution in [0.1, 0.15) is 22.3 Å². The molecule has 0 saturated carbocycles. The van der Waals surface area contributed by atoms with Gasteiger partial charge in [-0.2, -0.15) is 0 Å². The molecule has 2 heterocycles. The number of fused-ring (bicyclic) bond motifs is 6. The van der Waals surface area contributed by atoms with E-state index in [0.29, 0.717) is 132 Å². The Morgan fingerprint density at radius 1 is 0.250 bits per heavy atom. The van der Waals surface area contributed by atoms with Gasteiger partial charge in [-0.05, 0) is 22.3 Å². The lowest BCUT2D eigenvalue weighted by Crippen LogP contribution is -2.15. The third-order valence-corrected chi connectivity index (χ3v) is 5.53. The Morgan fingerprint density at radius 2 is 0.417 bits per heavy atom. The first-order valence-corrected chi connectivity index (χ1v) is 12.8. The van der Waals surface area contributed by atoms with Crippen LogP contribution in [0, 0.1) is 0 Å². The molecular formula is C26H42O10. The Morgan fingerprint density at radius 3 is 0.611 bits per heavy atom. The predicted molar refractivity (Wildman–Crippen MR) is 130 cm³/mol. The molecule has 0 atom stereocenters. The molecule has 0 aliphatic carbocycles. The fraction of sp³-hybridized carbons (Fsp3) is 0.769. The van der Waals surface area contributed by atoms with E-state index in [1.54, 1.807) is 0 Å². The van der Waals surface area contributed by atoms with E-state index >= 15 is 0 Å². The van der Waals surface area contributed by atoms with Gasteiger partial charge in [-0.1, -0.05) is 12.1 Å². The highest BCUT2D eigenvalue weighted by Crippen LogP contribution is 2.22. The third kappa shape index (κ3) is 12.9. The molecule has 1 aromatic carbocycles. The molecule has 0 aromatic heterocycles. The van der Waals surface area contributed by atoms with Crippen LogP contribution in [0.5, 0.6) is 0 Å². The van der Waals surface area contributed by atoms with Crippen LogP contribution in [-0.4, -0.2) is 106 Å². The zero-order valence-electron chi connectivity index (χ0n) is 21.4. The molecule has 206 valence electrons. The standard InChI is InChI=1S/C26H42O10/c1-5-29-9-13-33-19-23-17-25(20-34-14-10-30-6-2-27-1)26-18-24(23)21-35-15-11-31-7-3-28-4-8-32-12-16-36-22-26/h17-18H,1-16,19-22H2. The molecule has 10 nitrogen and oxygen atoms in total. The minimum absolute atomic E-state index is 0.456. The average Bonchev–Trinajstić information content (AvgIpc) is 2.88. The van der Waals surface area contributed by atoms with Crippen LogP contribution in [0.2, 0.25) is 0 Å². The molecule has 0 spiro atoms. The average molecular weight is 515 g/mol. The first kappa shape index (κ1) is 29.4. The van der Waals surface area contributed by atoms with Gasteiger partial charge < -0.3 is 47.4 Å². The van der Waals surface area contributed by atoms with Crippen molar-refractivity contribution < 1.29 is 47.4 Å². The van der Waals surface area contributed by atoms with Gasteiger partial charge in [-0.15, -0.1) is 0 Å². The first-order chi connectivity index (χ1) is 17.9. The van der Waals surface area contributed by atoms with Crippen molar-refractivity contribution >= 4 is 0 Å². The Hall–Kier alpha value is -1.18. The van der Waals surface area contributed by atoms with E-state index in [2.05, 4.69) is 12.1 Å². The molecule has 2 aliphatic rings. The van der Waals surface area contributed by atoms with Crippen molar-refractivity contribution in [2.45, 2.75) is 26.4 Å². The molecule has 0 N–H and O–H groups in total. The third-order valence-electron chi connectivity index (χ3n) is 5.53. The van der Waals surface area contributed by atoms with E-state index in [-0.39, 0.29) is 0 Å². The van der Waals surface area contributed by atoms with E-state index in [0.717, 1.165) is 22.3 Å². The van der Waals surface area contributed by atoms with Gasteiger partial charge in [0.2, 0.25) is 0 Å². The molecule has 36 heavy (non-hydrogen) atoms. The summed E-state index contributed by atoms with van der Waals surface area (Å²) in [4.78, 5) is 0. The van der Waals surface area contributed by atoms with Gasteiger partial charge >= 0.3 is 0 Å². The van der Waals surface area contributed by atoms with Crippen molar-refractivity contribution in [2.75, 3.05) is 106 Å². The number of hydrogen-bond donors (Lipinski definition) is 0. The fourth-order valence-corrected chi connectivity index (χ4v) is 3.61. The summed E-state index contributed by atoms with van der Waals surface area (Å²) in [5.41, 5.74) is 4.24. The second-order valence-corrected chi connectivity index (χ2v) is 8.27. The zero-order chi connectivity index (χ0) is 24.9. The van der Waals surface area contributed by atoms with Crippen LogP contribution < -0.4 is 0 Å². The Balaban J connectivity index is 1.68. The Bertz CT molecular complexity index is 579. The maximum absolute atomic E-state index is 5.92. The second kappa shape index (κ2) is 19.9. The van der Waals surface area contributed by atoms with Crippen LogP contribution >= 0.6 is 0 Å². The summed E-state index contributed by atoms with van der Waals surface area (Å²) in [6.45, 7) is 10.1. The monoisotopic (exact) mass is 514 g/mol. The topological polar surface area (TPSA) is 92.3 Å². The van der Waals surface area contributed by atoms with Crippen LogP contribution in [0.15, 0.2) is 12.1 Å². The van der Waals surface area contributed by atoms with Gasteiger partial charge in [-0.3, -0.25) is 0 Å². The summed E-state index contributed by atoms with van der Waals surface area (Å²) in [7, 11) is 0. The summed E-state index contributed by atoms with van der Waals surface area (Å²) in [6, 6.07) is 4.28. The van der Waals surface area contributed by atoms with Gasteiger partial charge in [0.05, 0.1) is 132 Å². The summed E-state index contributed by atoms with van der Waals surface area (Å²) in [5.74, 6) is 0. The summed E-state index contributed by atoms with van der Waals surface area (Å²) in [5, 5.41) is 0. The molecule has 2 aliphatic heterocycles. The molecule has 0 radical (unpaired) electrons. The molecule has 4 bridgehead atoms. The lowest BCUT2D eigenvalue weighted by atomic mass is 9.99. The molecule has 3 rings (SSSR count). The van der Waals surface area contributed by atoms with Gasteiger partial charge in [0.25, 0.3) is 0 Å². The largest absolute Gasteiger partial charge is 0.377 e. The van der Waals surface area contributed by atoms with E-state index in [1.807, 2.05) is 0 Å². The van der Waals surface area contributed by atoms with Crippen LogP contribution in [0.4, 0.5) is 0 Å². The van der Waals surface area contributed by atoms with Gasteiger partial charge in [0.15, 0.2) is 0 Å². The summed E-state index contributed by atoms with van der Waals surface area (Å²) >= 11 is 0. The van der Waals surface area contributed by atoms with Crippen molar-refractivity contribution in [1.82, 2.24) is 0 Å². The normalized spacial score (nSPS) is 22.4. The van der Waals surface area contributed by atoms with E-state index in [4.69, 9.17) is 47.4 Å². The molecule has 0 unspecified atom stereocenters. The molecule has 0 amide bonds. The number of benzene rings is 1. The SMILES string of the molecule is c1c2c3cc(c1COCCOCCOCCOCCOC2)COCCOCCOCCOCCOC3. The van der Waals surface area contributed by atoms with E-state index in [9.17, 15) is 0 Å².